The number of ether oxygens (including phenoxy) is 2. The first-order valence-corrected chi connectivity index (χ1v) is 10.1. The summed E-state index contributed by atoms with van der Waals surface area (Å²) in [5.74, 6) is -1.00. The number of morpholine rings is 1. The third kappa shape index (κ3) is 5.08. The van der Waals surface area contributed by atoms with Crippen LogP contribution in [0.1, 0.15) is 10.4 Å². The first-order valence-electron chi connectivity index (χ1n) is 8.66. The highest BCUT2D eigenvalue weighted by molar-refractivity contribution is 7.92. The van der Waals surface area contributed by atoms with E-state index in [1.54, 1.807) is 23.1 Å². The van der Waals surface area contributed by atoms with Gasteiger partial charge in [-0.1, -0.05) is 24.3 Å². The summed E-state index contributed by atoms with van der Waals surface area (Å²) in [5.41, 5.74) is 0.362. The van der Waals surface area contributed by atoms with Crippen molar-refractivity contribution >= 4 is 27.6 Å². The van der Waals surface area contributed by atoms with Crippen LogP contribution in [0.2, 0.25) is 0 Å². The fraction of sp³-hybridized carbons (Fsp3) is 0.263. The lowest BCUT2D eigenvalue weighted by atomic mass is 10.2. The highest BCUT2D eigenvalue weighted by atomic mass is 32.2. The summed E-state index contributed by atoms with van der Waals surface area (Å²) in [6.45, 7) is 1.48. The van der Waals surface area contributed by atoms with E-state index in [4.69, 9.17) is 9.47 Å². The highest BCUT2D eigenvalue weighted by Gasteiger charge is 2.19. The normalized spacial score (nSPS) is 14.4. The van der Waals surface area contributed by atoms with Crippen molar-refractivity contribution in [3.8, 4) is 0 Å². The van der Waals surface area contributed by atoms with Crippen molar-refractivity contribution in [1.82, 2.24) is 4.90 Å². The number of nitrogens with zero attached hydrogens (tertiary/aromatic N) is 1. The van der Waals surface area contributed by atoms with Gasteiger partial charge in [0.25, 0.3) is 15.9 Å². The smallest absolute Gasteiger partial charge is 0.338 e. The molecule has 1 fully saturated rings. The molecule has 148 valence electrons. The third-order valence-electron chi connectivity index (χ3n) is 4.09. The van der Waals surface area contributed by atoms with E-state index in [-0.39, 0.29) is 28.7 Å². The van der Waals surface area contributed by atoms with E-state index in [2.05, 4.69) is 4.72 Å². The number of benzene rings is 2. The molecule has 2 aromatic rings. The molecule has 0 aromatic heterocycles. The number of carbonyl (C=O) groups excluding carboxylic acids is 2. The molecule has 1 N–H and O–H groups in total. The first-order chi connectivity index (χ1) is 13.5. The van der Waals surface area contributed by atoms with Gasteiger partial charge in [0.2, 0.25) is 0 Å². The Morgan fingerprint density at radius 2 is 1.75 bits per heavy atom. The van der Waals surface area contributed by atoms with E-state index in [1.807, 2.05) is 0 Å². The van der Waals surface area contributed by atoms with Crippen molar-refractivity contribution in [1.29, 1.82) is 0 Å². The average molecular weight is 404 g/mol. The Bertz CT molecular complexity index is 940. The molecule has 0 aliphatic carbocycles. The Labute approximate surface area is 163 Å². The molecular weight excluding hydrogens is 384 g/mol. The fourth-order valence-electron chi connectivity index (χ4n) is 2.64. The third-order valence-corrected chi connectivity index (χ3v) is 5.49. The van der Waals surface area contributed by atoms with Crippen LogP contribution >= 0.6 is 0 Å². The van der Waals surface area contributed by atoms with E-state index in [9.17, 15) is 18.0 Å². The molecule has 1 aliphatic rings. The monoisotopic (exact) mass is 404 g/mol. The molecule has 0 atom stereocenters. The average Bonchev–Trinajstić information content (AvgIpc) is 2.73. The predicted molar refractivity (Wildman–Crippen MR) is 101 cm³/mol. The van der Waals surface area contributed by atoms with Crippen molar-refractivity contribution in [2.45, 2.75) is 4.90 Å². The number of esters is 1. The molecule has 0 saturated carbocycles. The van der Waals surface area contributed by atoms with Crippen LogP contribution in [0.5, 0.6) is 0 Å². The van der Waals surface area contributed by atoms with Crippen LogP contribution in [0.15, 0.2) is 59.5 Å². The van der Waals surface area contributed by atoms with Gasteiger partial charge in [-0.25, -0.2) is 13.2 Å². The Balaban J connectivity index is 1.62. The number of anilines is 1. The van der Waals surface area contributed by atoms with Crippen molar-refractivity contribution in [2.24, 2.45) is 0 Å². The lowest BCUT2D eigenvalue weighted by molar-refractivity contribution is -0.138. The van der Waals surface area contributed by atoms with Crippen molar-refractivity contribution < 1.29 is 27.5 Å². The minimum Gasteiger partial charge on any atom is -0.452 e. The van der Waals surface area contributed by atoms with Gasteiger partial charge >= 0.3 is 5.97 Å². The van der Waals surface area contributed by atoms with Crippen LogP contribution in [-0.2, 0) is 24.3 Å². The van der Waals surface area contributed by atoms with Crippen molar-refractivity contribution in [2.75, 3.05) is 37.6 Å². The van der Waals surface area contributed by atoms with Crippen molar-refractivity contribution in [3.05, 3.63) is 60.2 Å². The molecule has 3 rings (SSSR count). The molecule has 1 amide bonds. The maximum absolute atomic E-state index is 12.4. The molecule has 2 aromatic carbocycles. The summed E-state index contributed by atoms with van der Waals surface area (Å²) < 4.78 is 37.4. The van der Waals surface area contributed by atoms with Gasteiger partial charge in [0.15, 0.2) is 6.61 Å². The zero-order valence-electron chi connectivity index (χ0n) is 15.0. The van der Waals surface area contributed by atoms with Crippen LogP contribution in [-0.4, -0.2) is 58.1 Å². The second kappa shape index (κ2) is 8.85. The number of nitrogens with one attached hydrogen (secondary N) is 1. The summed E-state index contributed by atoms with van der Waals surface area (Å²) in [7, 11) is -3.77. The molecule has 8 nitrogen and oxygen atoms in total. The van der Waals surface area contributed by atoms with Gasteiger partial charge in [0.05, 0.1) is 23.7 Å². The van der Waals surface area contributed by atoms with Crippen molar-refractivity contribution in [3.63, 3.8) is 0 Å². The molecular formula is C19H20N2O6S. The molecule has 1 aliphatic heterocycles. The van der Waals surface area contributed by atoms with E-state index < -0.39 is 16.0 Å². The van der Waals surface area contributed by atoms with Gasteiger partial charge < -0.3 is 14.4 Å². The second-order valence-corrected chi connectivity index (χ2v) is 7.75. The van der Waals surface area contributed by atoms with Gasteiger partial charge in [0.1, 0.15) is 0 Å². The summed E-state index contributed by atoms with van der Waals surface area (Å²) in [6, 6.07) is 13.8. The lowest BCUT2D eigenvalue weighted by Gasteiger charge is -2.26. The van der Waals surface area contributed by atoms with Crippen LogP contribution in [0.25, 0.3) is 0 Å². The zero-order chi connectivity index (χ0) is 20.0. The topological polar surface area (TPSA) is 102 Å². The number of hydrogen-bond donors (Lipinski definition) is 1. The van der Waals surface area contributed by atoms with Crippen LogP contribution in [0.3, 0.4) is 0 Å². The fourth-order valence-corrected chi connectivity index (χ4v) is 3.71. The predicted octanol–water partition coefficient (Wildman–Crippen LogP) is 1.50. The van der Waals surface area contributed by atoms with Gasteiger partial charge in [-0.05, 0) is 30.3 Å². The Kier molecular flexibility index (Phi) is 6.27. The number of sulfonamides is 1. The van der Waals surface area contributed by atoms with Gasteiger partial charge in [-0.3, -0.25) is 9.52 Å². The van der Waals surface area contributed by atoms with E-state index in [0.717, 1.165) is 0 Å². The summed E-state index contributed by atoms with van der Waals surface area (Å²) in [5, 5.41) is 0. The van der Waals surface area contributed by atoms with Gasteiger partial charge in [0, 0.05) is 18.8 Å². The molecule has 1 saturated heterocycles. The second-order valence-electron chi connectivity index (χ2n) is 6.07. The summed E-state index contributed by atoms with van der Waals surface area (Å²) in [6.07, 6.45) is 0. The minimum absolute atomic E-state index is 0.110. The van der Waals surface area contributed by atoms with E-state index in [0.29, 0.717) is 26.3 Å². The van der Waals surface area contributed by atoms with Crippen LogP contribution in [0, 0.1) is 0 Å². The van der Waals surface area contributed by atoms with Gasteiger partial charge in [-0.2, -0.15) is 0 Å². The number of rotatable bonds is 6. The molecule has 1 heterocycles. The highest BCUT2D eigenvalue weighted by Crippen LogP contribution is 2.17. The van der Waals surface area contributed by atoms with Gasteiger partial charge in [-0.15, -0.1) is 0 Å². The summed E-state index contributed by atoms with van der Waals surface area (Å²) in [4.78, 5) is 26.0. The SMILES string of the molecule is O=C(OCC(=O)N1CCOCC1)c1cccc(NS(=O)(=O)c2ccccc2)c1. The van der Waals surface area contributed by atoms with E-state index >= 15 is 0 Å². The quantitative estimate of drug-likeness (QED) is 0.732. The lowest BCUT2D eigenvalue weighted by Crippen LogP contribution is -2.42. The molecule has 0 unspecified atom stereocenters. The van der Waals surface area contributed by atoms with Crippen LogP contribution < -0.4 is 4.72 Å². The Morgan fingerprint density at radius 1 is 1.04 bits per heavy atom. The number of hydrogen-bond acceptors (Lipinski definition) is 6. The largest absolute Gasteiger partial charge is 0.452 e. The Hall–Kier alpha value is -2.91. The molecule has 9 heteroatoms. The number of carbonyl (C=O) groups is 2. The minimum atomic E-state index is -3.77. The maximum Gasteiger partial charge on any atom is 0.338 e. The molecule has 0 bridgehead atoms. The molecule has 0 radical (unpaired) electrons. The zero-order valence-corrected chi connectivity index (χ0v) is 15.9. The number of amides is 1. The standard InChI is InChI=1S/C19H20N2O6S/c22-18(21-9-11-26-12-10-21)14-27-19(23)15-5-4-6-16(13-15)20-28(24,25)17-7-2-1-3-8-17/h1-8,13,20H,9-12,14H2. The maximum atomic E-state index is 12.4. The first kappa shape index (κ1) is 19.8. The van der Waals surface area contributed by atoms with Crippen LogP contribution in [0.4, 0.5) is 5.69 Å². The Morgan fingerprint density at radius 3 is 2.46 bits per heavy atom. The molecule has 0 spiro atoms. The van der Waals surface area contributed by atoms with E-state index in [1.165, 1.54) is 36.4 Å². The molecule has 28 heavy (non-hydrogen) atoms. The summed E-state index contributed by atoms with van der Waals surface area (Å²) >= 11 is 0.